The minimum absolute atomic E-state index is 0.338. The van der Waals surface area contributed by atoms with Crippen molar-refractivity contribution in [3.8, 4) is 11.5 Å². The number of ether oxygens (including phenoxy) is 2. The molecule has 0 bridgehead atoms. The normalized spacial score (nSPS) is 10.0. The fourth-order valence-electron chi connectivity index (χ4n) is 1.87. The molecule has 0 spiro atoms. The zero-order valence-corrected chi connectivity index (χ0v) is 12.5. The molecule has 1 aromatic carbocycles. The molecule has 118 valence electrons. The summed E-state index contributed by atoms with van der Waals surface area (Å²) in [4.78, 5) is 31.5. The third kappa shape index (κ3) is 3.80. The van der Waals surface area contributed by atoms with E-state index in [-0.39, 0.29) is 0 Å². The van der Waals surface area contributed by atoms with E-state index in [0.29, 0.717) is 22.6 Å². The van der Waals surface area contributed by atoms with Crippen molar-refractivity contribution in [2.45, 2.75) is 0 Å². The van der Waals surface area contributed by atoms with Gasteiger partial charge in [-0.15, -0.1) is 0 Å². The predicted octanol–water partition coefficient (Wildman–Crippen LogP) is 2.92. The fourth-order valence-corrected chi connectivity index (χ4v) is 1.87. The molecule has 0 fully saturated rings. The number of hydrogen-bond donors (Lipinski definition) is 0. The molecule has 0 amide bonds. The summed E-state index contributed by atoms with van der Waals surface area (Å²) in [5.41, 5.74) is 0.703. The van der Waals surface area contributed by atoms with Gasteiger partial charge >= 0.3 is 11.9 Å². The Morgan fingerprint density at radius 1 is 0.667 bits per heavy atom. The standard InChI is InChI=1S/C18H12N2O4/c21-17(13-3-1-9-19-11-13)23-15-5-7-16(8-6-15)24-18(22)14-4-2-10-20-12-14/h1-12H. The van der Waals surface area contributed by atoms with Gasteiger partial charge in [0.2, 0.25) is 0 Å². The summed E-state index contributed by atoms with van der Waals surface area (Å²) in [6.07, 6.45) is 5.99. The Labute approximate surface area is 137 Å². The first kappa shape index (κ1) is 15.4. The van der Waals surface area contributed by atoms with Crippen LogP contribution in [-0.4, -0.2) is 21.9 Å². The van der Waals surface area contributed by atoms with Crippen LogP contribution < -0.4 is 9.47 Å². The molecule has 0 N–H and O–H groups in total. The maximum absolute atomic E-state index is 11.9. The minimum atomic E-state index is -0.511. The topological polar surface area (TPSA) is 78.4 Å². The third-order valence-electron chi connectivity index (χ3n) is 3.04. The number of carbonyl (C=O) groups excluding carboxylic acids is 2. The van der Waals surface area contributed by atoms with Crippen LogP contribution >= 0.6 is 0 Å². The third-order valence-corrected chi connectivity index (χ3v) is 3.04. The van der Waals surface area contributed by atoms with Crippen molar-refractivity contribution >= 4 is 11.9 Å². The van der Waals surface area contributed by atoms with Crippen molar-refractivity contribution < 1.29 is 19.1 Å². The molecule has 6 nitrogen and oxygen atoms in total. The van der Waals surface area contributed by atoms with Gasteiger partial charge in [0.05, 0.1) is 11.1 Å². The maximum atomic E-state index is 11.9. The molecule has 0 unspecified atom stereocenters. The van der Waals surface area contributed by atoms with Crippen LogP contribution in [0, 0.1) is 0 Å². The van der Waals surface area contributed by atoms with Crippen molar-refractivity contribution in [1.82, 2.24) is 9.97 Å². The van der Waals surface area contributed by atoms with E-state index in [2.05, 4.69) is 9.97 Å². The highest BCUT2D eigenvalue weighted by Crippen LogP contribution is 2.19. The second-order valence-corrected chi connectivity index (χ2v) is 4.73. The number of rotatable bonds is 4. The average Bonchev–Trinajstić information content (AvgIpc) is 2.65. The Kier molecular flexibility index (Phi) is 4.57. The molecule has 3 rings (SSSR count). The van der Waals surface area contributed by atoms with Crippen LogP contribution in [0.15, 0.2) is 73.3 Å². The molecule has 6 heteroatoms. The molecule has 2 aromatic heterocycles. The van der Waals surface area contributed by atoms with Gasteiger partial charge in [0.25, 0.3) is 0 Å². The Hall–Kier alpha value is -3.54. The van der Waals surface area contributed by atoms with Crippen LogP contribution in [0.25, 0.3) is 0 Å². The Morgan fingerprint density at radius 3 is 1.42 bits per heavy atom. The van der Waals surface area contributed by atoms with E-state index in [0.717, 1.165) is 0 Å². The zero-order chi connectivity index (χ0) is 16.8. The van der Waals surface area contributed by atoms with Gasteiger partial charge in [-0.05, 0) is 48.5 Å². The van der Waals surface area contributed by atoms with E-state index in [1.54, 1.807) is 60.9 Å². The SMILES string of the molecule is O=C(Oc1ccc(OC(=O)c2cccnc2)cc1)c1cccnc1. The highest BCUT2D eigenvalue weighted by atomic mass is 16.5. The highest BCUT2D eigenvalue weighted by molar-refractivity contribution is 5.91. The Bertz CT molecular complexity index is 761. The van der Waals surface area contributed by atoms with Crippen LogP contribution in [0.4, 0.5) is 0 Å². The first-order chi connectivity index (χ1) is 11.7. The molecule has 3 aromatic rings. The second-order valence-electron chi connectivity index (χ2n) is 4.73. The zero-order valence-electron chi connectivity index (χ0n) is 12.5. The number of benzene rings is 1. The Balaban J connectivity index is 1.63. The van der Waals surface area contributed by atoms with E-state index >= 15 is 0 Å². The van der Waals surface area contributed by atoms with E-state index in [1.165, 1.54) is 12.4 Å². The summed E-state index contributed by atoms with van der Waals surface area (Å²) in [5, 5.41) is 0. The number of hydrogen-bond acceptors (Lipinski definition) is 6. The van der Waals surface area contributed by atoms with E-state index in [4.69, 9.17) is 9.47 Å². The van der Waals surface area contributed by atoms with Crippen molar-refractivity contribution in [2.24, 2.45) is 0 Å². The highest BCUT2D eigenvalue weighted by Gasteiger charge is 2.10. The largest absolute Gasteiger partial charge is 0.423 e. The van der Waals surface area contributed by atoms with Crippen molar-refractivity contribution in [1.29, 1.82) is 0 Å². The number of aromatic nitrogens is 2. The quantitative estimate of drug-likeness (QED) is 0.543. The lowest BCUT2D eigenvalue weighted by molar-refractivity contribution is 0.0719. The predicted molar refractivity (Wildman–Crippen MR) is 84.8 cm³/mol. The number of nitrogens with zero attached hydrogens (tertiary/aromatic N) is 2. The second kappa shape index (κ2) is 7.15. The molecular formula is C18H12N2O4. The van der Waals surface area contributed by atoms with E-state index in [9.17, 15) is 9.59 Å². The number of esters is 2. The maximum Gasteiger partial charge on any atom is 0.345 e. The first-order valence-corrected chi connectivity index (χ1v) is 7.07. The monoisotopic (exact) mass is 320 g/mol. The summed E-state index contributed by atoms with van der Waals surface area (Å²) in [7, 11) is 0. The molecule has 24 heavy (non-hydrogen) atoms. The minimum Gasteiger partial charge on any atom is -0.423 e. The van der Waals surface area contributed by atoms with Crippen LogP contribution in [0.5, 0.6) is 11.5 Å². The molecule has 0 aliphatic heterocycles. The van der Waals surface area contributed by atoms with Crippen molar-refractivity contribution in [3.05, 3.63) is 84.4 Å². The molecule has 0 saturated heterocycles. The van der Waals surface area contributed by atoms with Crippen LogP contribution in [0.1, 0.15) is 20.7 Å². The Morgan fingerprint density at radius 2 is 1.08 bits per heavy atom. The molecule has 0 atom stereocenters. The van der Waals surface area contributed by atoms with Gasteiger partial charge in [0, 0.05) is 24.8 Å². The lowest BCUT2D eigenvalue weighted by Gasteiger charge is -2.06. The van der Waals surface area contributed by atoms with Crippen molar-refractivity contribution in [2.75, 3.05) is 0 Å². The number of pyridine rings is 2. The van der Waals surface area contributed by atoms with Gasteiger partial charge in [-0.2, -0.15) is 0 Å². The smallest absolute Gasteiger partial charge is 0.345 e. The molecule has 0 saturated carbocycles. The van der Waals surface area contributed by atoms with Gasteiger partial charge in [0.1, 0.15) is 11.5 Å². The van der Waals surface area contributed by atoms with Gasteiger partial charge < -0.3 is 9.47 Å². The molecule has 0 radical (unpaired) electrons. The number of carbonyl (C=O) groups is 2. The van der Waals surface area contributed by atoms with Crippen LogP contribution in [0.3, 0.4) is 0 Å². The summed E-state index contributed by atoms with van der Waals surface area (Å²) in [6.45, 7) is 0. The molecule has 0 aliphatic rings. The van der Waals surface area contributed by atoms with E-state index in [1.807, 2.05) is 0 Å². The molecule has 2 heterocycles. The molecule has 0 aliphatic carbocycles. The van der Waals surface area contributed by atoms with Crippen LogP contribution in [-0.2, 0) is 0 Å². The lowest BCUT2D eigenvalue weighted by atomic mass is 10.3. The summed E-state index contributed by atoms with van der Waals surface area (Å²) in [5.74, 6) is -0.346. The molecular weight excluding hydrogens is 308 g/mol. The summed E-state index contributed by atoms with van der Waals surface area (Å²) in [6, 6.07) is 12.7. The average molecular weight is 320 g/mol. The lowest BCUT2D eigenvalue weighted by Crippen LogP contribution is -2.09. The fraction of sp³-hybridized carbons (Fsp3) is 0. The van der Waals surface area contributed by atoms with E-state index < -0.39 is 11.9 Å². The summed E-state index contributed by atoms with van der Waals surface area (Å²) >= 11 is 0. The van der Waals surface area contributed by atoms with Crippen LogP contribution in [0.2, 0.25) is 0 Å². The van der Waals surface area contributed by atoms with Gasteiger partial charge in [-0.3, -0.25) is 9.97 Å². The van der Waals surface area contributed by atoms with Crippen molar-refractivity contribution in [3.63, 3.8) is 0 Å². The van der Waals surface area contributed by atoms with Gasteiger partial charge in [-0.25, -0.2) is 9.59 Å². The first-order valence-electron chi connectivity index (χ1n) is 7.07. The van der Waals surface area contributed by atoms with Gasteiger partial charge in [0.15, 0.2) is 0 Å². The van der Waals surface area contributed by atoms with Gasteiger partial charge in [-0.1, -0.05) is 0 Å². The summed E-state index contributed by atoms with van der Waals surface area (Å²) < 4.78 is 10.4.